The minimum atomic E-state index is -0.799. The number of methoxy groups -OCH3 is 2. The quantitative estimate of drug-likeness (QED) is 0.273. The summed E-state index contributed by atoms with van der Waals surface area (Å²) in [6.45, 7) is 11.2. The first-order valence-electron chi connectivity index (χ1n) is 15.1. The average molecular weight is 604 g/mol. The molecule has 0 aromatic heterocycles. The molecule has 0 spiro atoms. The van der Waals surface area contributed by atoms with E-state index in [-0.39, 0.29) is 17.9 Å². The number of hydrogen-bond acceptors (Lipinski definition) is 9. The minimum Gasteiger partial charge on any atom is -0.493 e. The van der Waals surface area contributed by atoms with Gasteiger partial charge in [0.2, 0.25) is 0 Å². The number of nitrogens with zero attached hydrogens (tertiary/aromatic N) is 2. The molecule has 2 amide bonds. The fraction of sp³-hybridized carbons (Fsp3) is 0.455. The number of amides is 2. The van der Waals surface area contributed by atoms with Crippen LogP contribution in [0.3, 0.4) is 0 Å². The van der Waals surface area contributed by atoms with E-state index in [0.717, 1.165) is 42.5 Å². The first-order valence-corrected chi connectivity index (χ1v) is 15.1. The van der Waals surface area contributed by atoms with Gasteiger partial charge in [-0.2, -0.15) is 0 Å². The Morgan fingerprint density at radius 1 is 0.841 bits per heavy atom. The fourth-order valence-corrected chi connectivity index (χ4v) is 6.53. The van der Waals surface area contributed by atoms with Crippen molar-refractivity contribution in [3.8, 4) is 23.0 Å². The van der Waals surface area contributed by atoms with Gasteiger partial charge in [0.05, 0.1) is 62.5 Å². The normalized spacial score (nSPS) is 22.2. The van der Waals surface area contributed by atoms with Gasteiger partial charge in [-0.25, -0.2) is 0 Å². The van der Waals surface area contributed by atoms with Crippen molar-refractivity contribution in [3.63, 3.8) is 0 Å². The monoisotopic (exact) mass is 603 g/mol. The standard InChI is InChI=1S/C33H41N5O6/c1-20-10-22-16-35-25-13-29(27(41-3)11-23(25)31(39)37(22)17-20)43-8-6-5-7-9-44-30-14-26-24(12-28(30)42-4)32(40)38-18-21(2)15-33(38,34)19-36-26/h11-14,22,35-36H,1-2,5-10,15-19,34H2,3-4H3/t22-,33-/m0/s1. The smallest absolute Gasteiger partial charge is 0.257 e. The number of nitrogens with two attached hydrogens (primary N) is 1. The van der Waals surface area contributed by atoms with Crippen LogP contribution in [0.15, 0.2) is 48.6 Å². The third-order valence-electron chi connectivity index (χ3n) is 8.83. The van der Waals surface area contributed by atoms with E-state index in [2.05, 4.69) is 23.8 Å². The van der Waals surface area contributed by atoms with Gasteiger partial charge in [-0.1, -0.05) is 24.3 Å². The average Bonchev–Trinajstić information content (AvgIpc) is 3.48. The number of fused-ring (bicyclic) bond motifs is 4. The number of hydrogen-bond donors (Lipinski definition) is 3. The van der Waals surface area contributed by atoms with E-state index in [9.17, 15) is 9.59 Å². The zero-order valence-electron chi connectivity index (χ0n) is 25.5. The Balaban J connectivity index is 1.01. The minimum absolute atomic E-state index is 0.0121. The summed E-state index contributed by atoms with van der Waals surface area (Å²) < 4.78 is 23.3. The number of rotatable bonds is 10. The molecule has 11 heteroatoms. The van der Waals surface area contributed by atoms with Crippen LogP contribution >= 0.6 is 0 Å². The summed E-state index contributed by atoms with van der Waals surface area (Å²) in [6.07, 6.45) is 3.87. The second kappa shape index (κ2) is 12.0. The number of unbranched alkanes of at least 4 members (excludes halogenated alkanes) is 2. The van der Waals surface area contributed by atoms with E-state index in [1.165, 1.54) is 0 Å². The summed E-state index contributed by atoms with van der Waals surface area (Å²) in [5.41, 5.74) is 10.3. The highest BCUT2D eigenvalue weighted by atomic mass is 16.5. The van der Waals surface area contributed by atoms with Gasteiger partial charge >= 0.3 is 0 Å². The van der Waals surface area contributed by atoms with E-state index in [0.29, 0.717) is 85.6 Å². The van der Waals surface area contributed by atoms with Gasteiger partial charge in [-0.15, -0.1) is 0 Å². The zero-order valence-corrected chi connectivity index (χ0v) is 25.5. The van der Waals surface area contributed by atoms with E-state index >= 15 is 0 Å². The maximum Gasteiger partial charge on any atom is 0.257 e. The molecule has 2 fully saturated rings. The van der Waals surface area contributed by atoms with Crippen LogP contribution in [-0.4, -0.2) is 86.9 Å². The fourth-order valence-electron chi connectivity index (χ4n) is 6.53. The molecule has 2 aromatic carbocycles. The molecule has 2 saturated heterocycles. The van der Waals surface area contributed by atoms with Crippen LogP contribution in [0.4, 0.5) is 11.4 Å². The molecule has 0 unspecified atom stereocenters. The van der Waals surface area contributed by atoms with Crippen molar-refractivity contribution < 1.29 is 28.5 Å². The van der Waals surface area contributed by atoms with Crippen LogP contribution < -0.4 is 35.3 Å². The Hall–Kier alpha value is -4.38. The van der Waals surface area contributed by atoms with Crippen molar-refractivity contribution >= 4 is 23.2 Å². The van der Waals surface area contributed by atoms with Gasteiger partial charge in [0.15, 0.2) is 23.0 Å². The highest BCUT2D eigenvalue weighted by Crippen LogP contribution is 2.40. The molecule has 44 heavy (non-hydrogen) atoms. The second-order valence-corrected chi connectivity index (χ2v) is 12.1. The van der Waals surface area contributed by atoms with Crippen LogP contribution in [0.25, 0.3) is 0 Å². The summed E-state index contributed by atoms with van der Waals surface area (Å²) in [6, 6.07) is 7.28. The molecule has 4 N–H and O–H groups in total. The molecular formula is C33H41N5O6. The maximum absolute atomic E-state index is 13.3. The summed E-state index contributed by atoms with van der Waals surface area (Å²) >= 11 is 0. The Bertz CT molecular complexity index is 1510. The van der Waals surface area contributed by atoms with Gasteiger partial charge in [-0.05, 0) is 37.8 Å². The van der Waals surface area contributed by atoms with Crippen molar-refractivity contribution in [2.75, 3.05) is 64.2 Å². The van der Waals surface area contributed by atoms with Crippen LogP contribution in [0.2, 0.25) is 0 Å². The lowest BCUT2D eigenvalue weighted by atomic mass is 10.1. The van der Waals surface area contributed by atoms with E-state index < -0.39 is 5.66 Å². The van der Waals surface area contributed by atoms with Gasteiger partial charge in [0.25, 0.3) is 11.8 Å². The van der Waals surface area contributed by atoms with Crippen molar-refractivity contribution in [1.82, 2.24) is 9.80 Å². The number of carbonyl (C=O) groups excluding carboxylic acids is 2. The summed E-state index contributed by atoms with van der Waals surface area (Å²) in [5, 5.41) is 6.76. The van der Waals surface area contributed by atoms with E-state index in [1.54, 1.807) is 31.3 Å². The predicted octanol–water partition coefficient (Wildman–Crippen LogP) is 4.01. The zero-order chi connectivity index (χ0) is 31.0. The molecule has 0 aliphatic carbocycles. The molecule has 4 heterocycles. The number of carbonyl (C=O) groups is 2. The van der Waals surface area contributed by atoms with Gasteiger partial charge in [-0.3, -0.25) is 9.59 Å². The maximum atomic E-state index is 13.3. The second-order valence-electron chi connectivity index (χ2n) is 12.1. The van der Waals surface area contributed by atoms with Crippen molar-refractivity contribution in [2.24, 2.45) is 5.73 Å². The highest BCUT2D eigenvalue weighted by Gasteiger charge is 2.45. The molecule has 2 aromatic rings. The first kappa shape index (κ1) is 29.7. The van der Waals surface area contributed by atoms with Gasteiger partial charge < -0.3 is 45.1 Å². The molecule has 0 radical (unpaired) electrons. The van der Waals surface area contributed by atoms with E-state index in [1.807, 2.05) is 17.0 Å². The summed E-state index contributed by atoms with van der Waals surface area (Å²) in [4.78, 5) is 30.1. The largest absolute Gasteiger partial charge is 0.493 e. The van der Waals surface area contributed by atoms with Gasteiger partial charge in [0.1, 0.15) is 5.66 Å². The SMILES string of the molecule is C=C1C[C@H]2CNc3cc(OCCCCCOc4cc5c(cc4OC)C(=O)N4CC(=C)C[C@@]4(N)CN5)c(OC)cc3C(=O)N2C1. The van der Waals surface area contributed by atoms with E-state index in [4.69, 9.17) is 24.7 Å². The molecule has 4 aliphatic heterocycles. The first-order chi connectivity index (χ1) is 21.2. The molecular weight excluding hydrogens is 562 g/mol. The Labute approximate surface area is 257 Å². The van der Waals surface area contributed by atoms with Crippen molar-refractivity contribution in [3.05, 3.63) is 59.7 Å². The molecule has 11 nitrogen and oxygen atoms in total. The van der Waals surface area contributed by atoms with Crippen molar-refractivity contribution in [1.29, 1.82) is 0 Å². The molecule has 6 rings (SSSR count). The van der Waals surface area contributed by atoms with Crippen LogP contribution in [0.1, 0.15) is 52.8 Å². The van der Waals surface area contributed by atoms with Crippen LogP contribution in [-0.2, 0) is 0 Å². The molecule has 234 valence electrons. The third-order valence-corrected chi connectivity index (χ3v) is 8.83. The van der Waals surface area contributed by atoms with Crippen LogP contribution in [0, 0.1) is 0 Å². The lowest BCUT2D eigenvalue weighted by Crippen LogP contribution is -2.57. The third kappa shape index (κ3) is 5.52. The lowest BCUT2D eigenvalue weighted by molar-refractivity contribution is 0.0635. The summed E-state index contributed by atoms with van der Waals surface area (Å²) in [5.74, 6) is 2.06. The number of benzene rings is 2. The molecule has 4 aliphatic rings. The Morgan fingerprint density at radius 3 is 2.09 bits per heavy atom. The number of anilines is 2. The highest BCUT2D eigenvalue weighted by molar-refractivity contribution is 6.02. The predicted molar refractivity (Wildman–Crippen MR) is 168 cm³/mol. The topological polar surface area (TPSA) is 128 Å². The molecule has 0 bridgehead atoms. The van der Waals surface area contributed by atoms with Crippen LogP contribution in [0.5, 0.6) is 23.0 Å². The number of ether oxygens (including phenoxy) is 4. The number of nitrogens with one attached hydrogen (secondary N) is 2. The van der Waals surface area contributed by atoms with Gasteiger partial charge in [0, 0.05) is 38.2 Å². The molecule has 2 atom stereocenters. The lowest BCUT2D eigenvalue weighted by Gasteiger charge is -2.32. The Kier molecular flexibility index (Phi) is 8.06. The molecule has 0 saturated carbocycles. The van der Waals surface area contributed by atoms with Crippen molar-refractivity contribution in [2.45, 2.75) is 43.8 Å². The Morgan fingerprint density at radius 2 is 1.45 bits per heavy atom. The summed E-state index contributed by atoms with van der Waals surface area (Å²) in [7, 11) is 3.14.